The van der Waals surface area contributed by atoms with Crippen molar-refractivity contribution in [2.75, 3.05) is 22.4 Å². The van der Waals surface area contributed by atoms with Gasteiger partial charge in [-0.15, -0.1) is 0 Å². The number of nitrogens with zero attached hydrogens (tertiary/aromatic N) is 1. The van der Waals surface area contributed by atoms with Gasteiger partial charge in [-0.25, -0.2) is 8.42 Å². The molecule has 1 fully saturated rings. The fraction of sp³-hybridized carbons (Fsp3) is 0.333. The van der Waals surface area contributed by atoms with E-state index < -0.39 is 21.8 Å². The Labute approximate surface area is 116 Å². The van der Waals surface area contributed by atoms with Gasteiger partial charge in [0.1, 0.15) is 0 Å². The van der Waals surface area contributed by atoms with Crippen LogP contribution < -0.4 is 15.4 Å². The van der Waals surface area contributed by atoms with Crippen molar-refractivity contribution in [3.05, 3.63) is 24.3 Å². The van der Waals surface area contributed by atoms with E-state index in [4.69, 9.17) is 5.73 Å². The zero-order valence-corrected chi connectivity index (χ0v) is 11.7. The number of nitrogens with one attached hydrogen (secondary N) is 1. The molecule has 8 heteroatoms. The van der Waals surface area contributed by atoms with Crippen molar-refractivity contribution in [2.24, 2.45) is 11.7 Å². The number of hydrogen-bond donors (Lipinski definition) is 2. The maximum Gasteiger partial charge on any atom is 0.229 e. The van der Waals surface area contributed by atoms with Crippen molar-refractivity contribution in [2.45, 2.75) is 6.42 Å². The fourth-order valence-electron chi connectivity index (χ4n) is 2.10. The molecular weight excluding hydrogens is 282 g/mol. The standard InChI is InChI=1S/C12H15N3O4S/c1-20(18,19)14-9-3-2-4-10(6-9)15-7-8(12(13)17)5-11(15)16/h2-4,6,8,14H,5,7H2,1H3,(H2,13,17). The van der Waals surface area contributed by atoms with Crippen molar-refractivity contribution in [3.63, 3.8) is 0 Å². The van der Waals surface area contributed by atoms with Gasteiger partial charge in [0.15, 0.2) is 0 Å². The van der Waals surface area contributed by atoms with Crippen molar-refractivity contribution in [1.29, 1.82) is 0 Å². The molecule has 3 N–H and O–H groups in total. The molecule has 2 rings (SSSR count). The first kappa shape index (κ1) is 14.3. The van der Waals surface area contributed by atoms with Crippen LogP contribution in [0.4, 0.5) is 11.4 Å². The predicted molar refractivity (Wildman–Crippen MR) is 74.6 cm³/mol. The quantitative estimate of drug-likeness (QED) is 0.808. The number of anilines is 2. The van der Waals surface area contributed by atoms with Gasteiger partial charge in [0.2, 0.25) is 21.8 Å². The number of carbonyl (C=O) groups excluding carboxylic acids is 2. The summed E-state index contributed by atoms with van der Waals surface area (Å²) < 4.78 is 24.7. The molecular formula is C12H15N3O4S. The van der Waals surface area contributed by atoms with Crippen LogP contribution in [0.2, 0.25) is 0 Å². The molecule has 0 aromatic heterocycles. The molecule has 20 heavy (non-hydrogen) atoms. The molecule has 7 nitrogen and oxygen atoms in total. The molecule has 1 aliphatic rings. The summed E-state index contributed by atoms with van der Waals surface area (Å²) in [4.78, 5) is 24.4. The Hall–Kier alpha value is -2.09. The second-order valence-electron chi connectivity index (χ2n) is 4.73. The third kappa shape index (κ3) is 3.27. The number of rotatable bonds is 4. The molecule has 108 valence electrons. The van der Waals surface area contributed by atoms with Gasteiger partial charge >= 0.3 is 0 Å². The normalized spacial score (nSPS) is 19.1. The van der Waals surface area contributed by atoms with Gasteiger partial charge in [-0.2, -0.15) is 0 Å². The third-order valence-corrected chi connectivity index (χ3v) is 3.59. The second-order valence-corrected chi connectivity index (χ2v) is 6.48. The molecule has 1 unspecified atom stereocenters. The predicted octanol–water partition coefficient (Wildman–Crippen LogP) is -0.104. The maximum atomic E-state index is 11.9. The van der Waals surface area contributed by atoms with Crippen LogP contribution in [0.5, 0.6) is 0 Å². The van der Waals surface area contributed by atoms with E-state index in [1.807, 2.05) is 0 Å². The lowest BCUT2D eigenvalue weighted by Gasteiger charge is -2.17. The summed E-state index contributed by atoms with van der Waals surface area (Å²) in [7, 11) is -3.38. The lowest BCUT2D eigenvalue weighted by Crippen LogP contribution is -2.28. The minimum atomic E-state index is -3.38. The van der Waals surface area contributed by atoms with Crippen molar-refractivity contribution >= 4 is 33.2 Å². The van der Waals surface area contributed by atoms with Gasteiger partial charge in [-0.1, -0.05) is 6.07 Å². The van der Waals surface area contributed by atoms with E-state index in [0.29, 0.717) is 11.4 Å². The zero-order valence-electron chi connectivity index (χ0n) is 10.9. The fourth-order valence-corrected chi connectivity index (χ4v) is 2.65. The molecule has 1 atom stereocenters. The molecule has 1 saturated heterocycles. The number of sulfonamides is 1. The Morgan fingerprint density at radius 2 is 2.15 bits per heavy atom. The minimum Gasteiger partial charge on any atom is -0.369 e. The number of primary amides is 1. The highest BCUT2D eigenvalue weighted by atomic mass is 32.2. The Bertz CT molecular complexity index is 656. The van der Waals surface area contributed by atoms with Crippen molar-refractivity contribution < 1.29 is 18.0 Å². The summed E-state index contributed by atoms with van der Waals surface area (Å²) >= 11 is 0. The second kappa shape index (κ2) is 5.12. The van der Waals surface area contributed by atoms with E-state index >= 15 is 0 Å². The molecule has 1 aromatic carbocycles. The summed E-state index contributed by atoms with van der Waals surface area (Å²) in [6, 6.07) is 6.43. The van der Waals surface area contributed by atoms with Gasteiger partial charge in [0.05, 0.1) is 17.9 Å². The summed E-state index contributed by atoms with van der Waals surface area (Å²) in [6.07, 6.45) is 1.13. The molecule has 0 aliphatic carbocycles. The van der Waals surface area contributed by atoms with Crippen LogP contribution in [0.15, 0.2) is 24.3 Å². The number of hydrogen-bond acceptors (Lipinski definition) is 4. The summed E-state index contributed by atoms with van der Waals surface area (Å²) in [5.74, 6) is -1.22. The highest BCUT2D eigenvalue weighted by molar-refractivity contribution is 7.92. The van der Waals surface area contributed by atoms with Crippen molar-refractivity contribution in [3.8, 4) is 0 Å². The monoisotopic (exact) mass is 297 g/mol. The molecule has 0 spiro atoms. The van der Waals surface area contributed by atoms with E-state index in [-0.39, 0.29) is 18.9 Å². The van der Waals surface area contributed by atoms with Gasteiger partial charge in [0, 0.05) is 18.7 Å². The highest BCUT2D eigenvalue weighted by Crippen LogP contribution is 2.27. The lowest BCUT2D eigenvalue weighted by molar-refractivity contribution is -0.123. The molecule has 1 aromatic rings. The average Bonchev–Trinajstić information content (AvgIpc) is 2.69. The van der Waals surface area contributed by atoms with Gasteiger partial charge in [-0.05, 0) is 18.2 Å². The lowest BCUT2D eigenvalue weighted by atomic mass is 10.1. The van der Waals surface area contributed by atoms with Crippen LogP contribution in [0.1, 0.15) is 6.42 Å². The summed E-state index contributed by atoms with van der Waals surface area (Å²) in [5.41, 5.74) is 6.10. The van der Waals surface area contributed by atoms with E-state index in [0.717, 1.165) is 6.26 Å². The minimum absolute atomic E-state index is 0.0824. The number of nitrogens with two attached hydrogens (primary N) is 1. The molecule has 1 heterocycles. The Balaban J connectivity index is 2.23. The number of amides is 2. The van der Waals surface area contributed by atoms with Crippen LogP contribution in [0.25, 0.3) is 0 Å². The average molecular weight is 297 g/mol. The Morgan fingerprint density at radius 1 is 1.45 bits per heavy atom. The largest absolute Gasteiger partial charge is 0.369 e. The molecule has 2 amide bonds. The summed E-state index contributed by atoms with van der Waals surface area (Å²) in [6.45, 7) is 0.219. The Kier molecular flexibility index (Phi) is 3.67. The SMILES string of the molecule is CS(=O)(=O)Nc1cccc(N2CC(C(N)=O)CC2=O)c1. The number of carbonyl (C=O) groups is 2. The molecule has 1 aliphatic heterocycles. The van der Waals surface area contributed by atoms with Crippen molar-refractivity contribution in [1.82, 2.24) is 0 Å². The van der Waals surface area contributed by atoms with E-state index in [1.165, 1.54) is 4.90 Å². The van der Waals surface area contributed by atoms with Crippen LogP contribution in [0, 0.1) is 5.92 Å². The molecule has 0 radical (unpaired) electrons. The Morgan fingerprint density at radius 3 is 2.70 bits per heavy atom. The topological polar surface area (TPSA) is 110 Å². The first-order valence-corrected chi connectivity index (χ1v) is 7.83. The first-order valence-electron chi connectivity index (χ1n) is 5.94. The first-order chi connectivity index (χ1) is 9.26. The van der Waals surface area contributed by atoms with E-state index in [9.17, 15) is 18.0 Å². The van der Waals surface area contributed by atoms with Gasteiger partial charge in [-0.3, -0.25) is 14.3 Å². The molecule has 0 bridgehead atoms. The van der Waals surface area contributed by atoms with Gasteiger partial charge < -0.3 is 10.6 Å². The van der Waals surface area contributed by atoms with Crippen LogP contribution in [-0.4, -0.2) is 33.0 Å². The molecule has 0 saturated carbocycles. The van der Waals surface area contributed by atoms with Crippen LogP contribution in [0.3, 0.4) is 0 Å². The summed E-state index contributed by atoms with van der Waals surface area (Å²) in [5, 5.41) is 0. The zero-order chi connectivity index (χ0) is 14.9. The number of benzene rings is 1. The van der Waals surface area contributed by atoms with E-state index in [1.54, 1.807) is 24.3 Å². The maximum absolute atomic E-state index is 11.9. The van der Waals surface area contributed by atoms with Crippen LogP contribution >= 0.6 is 0 Å². The van der Waals surface area contributed by atoms with Crippen LogP contribution in [-0.2, 0) is 19.6 Å². The third-order valence-electron chi connectivity index (χ3n) is 2.99. The van der Waals surface area contributed by atoms with E-state index in [2.05, 4.69) is 4.72 Å². The highest BCUT2D eigenvalue weighted by Gasteiger charge is 2.33. The smallest absolute Gasteiger partial charge is 0.229 e. The van der Waals surface area contributed by atoms with Gasteiger partial charge in [0.25, 0.3) is 0 Å².